The van der Waals surface area contributed by atoms with Crippen LogP contribution in [0.3, 0.4) is 0 Å². The van der Waals surface area contributed by atoms with Crippen molar-refractivity contribution in [3.8, 4) is 23.3 Å². The third-order valence-corrected chi connectivity index (χ3v) is 2.81. The van der Waals surface area contributed by atoms with Gasteiger partial charge in [0.15, 0.2) is 17.2 Å². The van der Waals surface area contributed by atoms with Crippen LogP contribution in [0.4, 0.5) is 5.69 Å². The smallest absolute Gasteiger partial charge is 0.337 e. The van der Waals surface area contributed by atoms with Gasteiger partial charge in [-0.3, -0.25) is 0 Å². The molecule has 2 aromatic rings. The molecule has 0 fully saturated rings. The number of carboxylic acids is 1. The highest BCUT2D eigenvalue weighted by molar-refractivity contribution is 5.95. The number of carbonyl (C=O) groups is 1. The Kier molecular flexibility index (Phi) is 3.95. The fourth-order valence-electron chi connectivity index (χ4n) is 1.76. The molecule has 2 rings (SSSR count). The van der Waals surface area contributed by atoms with Crippen LogP contribution in [0.1, 0.15) is 15.9 Å². The highest BCUT2D eigenvalue weighted by Crippen LogP contribution is 2.35. The number of nitrogens with zero attached hydrogens (tertiary/aromatic N) is 1. The fraction of sp³-hybridized carbons (Fsp3) is 0.0667. The van der Waals surface area contributed by atoms with Crippen LogP contribution in [0.25, 0.3) is 0 Å². The molecule has 6 heteroatoms. The number of hydrogen-bond donors (Lipinski definition) is 2. The molecule has 2 aromatic carbocycles. The van der Waals surface area contributed by atoms with Gasteiger partial charge in [0.25, 0.3) is 0 Å². The maximum absolute atomic E-state index is 11.0. The first-order chi connectivity index (χ1) is 10.1. The van der Waals surface area contributed by atoms with Crippen molar-refractivity contribution in [3.05, 3.63) is 47.5 Å². The Labute approximate surface area is 120 Å². The van der Waals surface area contributed by atoms with E-state index < -0.39 is 5.97 Å². The number of ether oxygens (including phenoxy) is 2. The van der Waals surface area contributed by atoms with E-state index in [-0.39, 0.29) is 17.0 Å². The molecule has 0 heterocycles. The minimum atomic E-state index is -1.13. The average Bonchev–Trinajstić information content (AvgIpc) is 2.49. The molecule has 0 saturated heterocycles. The van der Waals surface area contributed by atoms with Crippen LogP contribution < -0.4 is 15.2 Å². The quantitative estimate of drug-likeness (QED) is 0.836. The minimum absolute atomic E-state index is 0.0245. The number of carboxylic acid groups (broad SMARTS) is 1. The van der Waals surface area contributed by atoms with E-state index in [4.69, 9.17) is 25.6 Å². The Hall–Kier alpha value is -3.20. The number of aromatic carboxylic acids is 1. The summed E-state index contributed by atoms with van der Waals surface area (Å²) < 4.78 is 10.7. The van der Waals surface area contributed by atoms with Gasteiger partial charge in [-0.1, -0.05) is 6.07 Å². The van der Waals surface area contributed by atoms with Crippen molar-refractivity contribution in [2.75, 3.05) is 12.8 Å². The van der Waals surface area contributed by atoms with Crippen LogP contribution in [0.15, 0.2) is 36.4 Å². The maximum atomic E-state index is 11.0. The first-order valence-corrected chi connectivity index (χ1v) is 5.94. The van der Waals surface area contributed by atoms with Gasteiger partial charge in [-0.2, -0.15) is 5.26 Å². The van der Waals surface area contributed by atoms with E-state index in [9.17, 15) is 4.79 Å². The largest absolute Gasteiger partial charge is 0.493 e. The van der Waals surface area contributed by atoms with E-state index in [0.29, 0.717) is 17.1 Å². The minimum Gasteiger partial charge on any atom is -0.493 e. The van der Waals surface area contributed by atoms with E-state index in [1.54, 1.807) is 18.2 Å². The molecule has 0 radical (unpaired) electrons. The lowest BCUT2D eigenvalue weighted by Gasteiger charge is -2.13. The van der Waals surface area contributed by atoms with E-state index >= 15 is 0 Å². The van der Waals surface area contributed by atoms with Gasteiger partial charge in [-0.05, 0) is 24.3 Å². The third kappa shape index (κ3) is 2.87. The normalized spacial score (nSPS) is 9.71. The molecule has 0 amide bonds. The van der Waals surface area contributed by atoms with Crippen molar-refractivity contribution >= 4 is 11.7 Å². The second kappa shape index (κ2) is 5.84. The van der Waals surface area contributed by atoms with Crippen molar-refractivity contribution < 1.29 is 19.4 Å². The van der Waals surface area contributed by atoms with Gasteiger partial charge >= 0.3 is 5.97 Å². The molecule has 0 aliphatic rings. The van der Waals surface area contributed by atoms with Crippen LogP contribution in [0, 0.1) is 11.3 Å². The van der Waals surface area contributed by atoms with E-state index in [1.165, 1.54) is 25.3 Å². The van der Waals surface area contributed by atoms with Gasteiger partial charge in [0.1, 0.15) is 0 Å². The lowest BCUT2D eigenvalue weighted by Crippen LogP contribution is -2.04. The number of benzene rings is 2. The van der Waals surface area contributed by atoms with Crippen molar-refractivity contribution in [1.29, 1.82) is 5.26 Å². The van der Waals surface area contributed by atoms with E-state index in [0.717, 1.165) is 0 Å². The van der Waals surface area contributed by atoms with Crippen molar-refractivity contribution in [3.63, 3.8) is 0 Å². The summed E-state index contributed by atoms with van der Waals surface area (Å²) in [6, 6.07) is 11.1. The zero-order valence-corrected chi connectivity index (χ0v) is 11.2. The van der Waals surface area contributed by atoms with Crippen LogP contribution in [0.2, 0.25) is 0 Å². The van der Waals surface area contributed by atoms with Crippen molar-refractivity contribution in [2.24, 2.45) is 0 Å². The Morgan fingerprint density at radius 2 is 2.00 bits per heavy atom. The summed E-state index contributed by atoms with van der Waals surface area (Å²) in [5, 5.41) is 17.9. The zero-order chi connectivity index (χ0) is 15.4. The molecular formula is C15H12N2O4. The van der Waals surface area contributed by atoms with Gasteiger partial charge in [0.05, 0.1) is 30.0 Å². The van der Waals surface area contributed by atoms with Crippen LogP contribution in [-0.2, 0) is 0 Å². The molecule has 0 atom stereocenters. The van der Waals surface area contributed by atoms with Gasteiger partial charge in [-0.25, -0.2) is 4.79 Å². The van der Waals surface area contributed by atoms with E-state index in [1.807, 2.05) is 6.07 Å². The van der Waals surface area contributed by atoms with Crippen molar-refractivity contribution in [2.45, 2.75) is 0 Å². The van der Waals surface area contributed by atoms with Gasteiger partial charge in [0.2, 0.25) is 0 Å². The number of nitriles is 1. The number of nitrogens with two attached hydrogens (primary N) is 1. The monoisotopic (exact) mass is 284 g/mol. The lowest BCUT2D eigenvalue weighted by atomic mass is 10.1. The van der Waals surface area contributed by atoms with Gasteiger partial charge in [0, 0.05) is 6.07 Å². The first-order valence-electron chi connectivity index (χ1n) is 5.94. The number of anilines is 1. The Morgan fingerprint density at radius 1 is 1.24 bits per heavy atom. The first kappa shape index (κ1) is 14.2. The van der Waals surface area contributed by atoms with Gasteiger partial charge < -0.3 is 20.3 Å². The molecule has 0 aliphatic carbocycles. The number of rotatable bonds is 4. The predicted octanol–water partition coefficient (Wildman–Crippen LogP) is 2.64. The highest BCUT2D eigenvalue weighted by atomic mass is 16.5. The fourth-order valence-corrected chi connectivity index (χ4v) is 1.76. The highest BCUT2D eigenvalue weighted by Gasteiger charge is 2.14. The summed E-state index contributed by atoms with van der Waals surface area (Å²) >= 11 is 0. The standard InChI is InChI=1S/C15H12N2O4/c1-20-13-7-9(8-16)5-6-11(13)21-12-4-2-3-10(14(12)17)15(18)19/h2-7H,17H2,1H3,(H,18,19). The summed E-state index contributed by atoms with van der Waals surface area (Å²) in [5.74, 6) is -0.234. The second-order valence-corrected chi connectivity index (χ2v) is 4.10. The summed E-state index contributed by atoms with van der Waals surface area (Å²) in [5.41, 5.74) is 6.19. The Balaban J connectivity index is 2.41. The van der Waals surface area contributed by atoms with Crippen LogP contribution >= 0.6 is 0 Å². The molecule has 21 heavy (non-hydrogen) atoms. The molecule has 0 aromatic heterocycles. The maximum Gasteiger partial charge on any atom is 0.337 e. The molecule has 3 N–H and O–H groups in total. The summed E-state index contributed by atoms with van der Waals surface area (Å²) in [6.07, 6.45) is 0. The van der Waals surface area contributed by atoms with Crippen LogP contribution in [0.5, 0.6) is 17.2 Å². The van der Waals surface area contributed by atoms with Crippen LogP contribution in [-0.4, -0.2) is 18.2 Å². The molecule has 0 aliphatic heterocycles. The second-order valence-electron chi connectivity index (χ2n) is 4.10. The van der Waals surface area contributed by atoms with Crippen molar-refractivity contribution in [1.82, 2.24) is 0 Å². The molecule has 106 valence electrons. The summed E-state index contributed by atoms with van der Waals surface area (Å²) in [6.45, 7) is 0. The summed E-state index contributed by atoms with van der Waals surface area (Å²) in [4.78, 5) is 11.0. The lowest BCUT2D eigenvalue weighted by molar-refractivity contribution is 0.0697. The number of hydrogen-bond acceptors (Lipinski definition) is 5. The Bertz CT molecular complexity index is 735. The molecule has 0 spiro atoms. The number of nitrogen functional groups attached to an aromatic ring is 1. The third-order valence-electron chi connectivity index (χ3n) is 2.81. The topological polar surface area (TPSA) is 106 Å². The SMILES string of the molecule is COc1cc(C#N)ccc1Oc1cccc(C(=O)O)c1N. The molecular weight excluding hydrogens is 272 g/mol. The van der Waals surface area contributed by atoms with E-state index in [2.05, 4.69) is 0 Å². The van der Waals surface area contributed by atoms with Gasteiger partial charge in [-0.15, -0.1) is 0 Å². The zero-order valence-electron chi connectivity index (χ0n) is 11.2. The molecule has 0 bridgehead atoms. The molecule has 0 unspecified atom stereocenters. The average molecular weight is 284 g/mol. The predicted molar refractivity (Wildman–Crippen MR) is 75.6 cm³/mol. The number of methoxy groups -OCH3 is 1. The summed E-state index contributed by atoms with van der Waals surface area (Å²) in [7, 11) is 1.44. The molecule has 6 nitrogen and oxygen atoms in total. The molecule has 0 saturated carbocycles. The Morgan fingerprint density at radius 3 is 2.62 bits per heavy atom. The number of para-hydroxylation sites is 1.